The minimum Gasteiger partial charge on any atom is -0.310 e. The fraction of sp³-hybridized carbons (Fsp3) is 0.250. The van der Waals surface area contributed by atoms with Gasteiger partial charge >= 0.3 is 0 Å². The summed E-state index contributed by atoms with van der Waals surface area (Å²) in [5.74, 6) is -0.254. The molecule has 0 spiro atoms. The molecule has 0 aliphatic heterocycles. The van der Waals surface area contributed by atoms with Crippen molar-refractivity contribution < 1.29 is 4.39 Å². The summed E-state index contributed by atoms with van der Waals surface area (Å²) in [5, 5.41) is 4.02. The van der Waals surface area contributed by atoms with Gasteiger partial charge in [0.1, 0.15) is 5.82 Å². The van der Waals surface area contributed by atoms with Crippen LogP contribution in [0.2, 0.25) is 5.02 Å². The van der Waals surface area contributed by atoms with Crippen molar-refractivity contribution in [2.24, 2.45) is 0 Å². The molecule has 0 aliphatic rings. The molecule has 0 aromatic heterocycles. The maximum absolute atomic E-state index is 13.4. The highest BCUT2D eigenvalue weighted by Crippen LogP contribution is 2.25. The number of likely N-dealkylation sites (N-methyl/N-ethyl adjacent to an activating group) is 1. The molecule has 2 rings (SSSR count). The zero-order valence-electron chi connectivity index (χ0n) is 11.2. The van der Waals surface area contributed by atoms with Gasteiger partial charge < -0.3 is 5.32 Å². The highest BCUT2D eigenvalue weighted by atomic mass is 79.9. The second-order valence-electron chi connectivity index (χ2n) is 4.60. The van der Waals surface area contributed by atoms with E-state index in [1.807, 2.05) is 12.1 Å². The summed E-state index contributed by atoms with van der Waals surface area (Å²) in [6.07, 6.45) is 0.659. The van der Waals surface area contributed by atoms with E-state index >= 15 is 0 Å². The predicted molar refractivity (Wildman–Crippen MR) is 85.7 cm³/mol. The minimum atomic E-state index is -0.254. The fourth-order valence-corrected chi connectivity index (χ4v) is 2.63. The minimum absolute atomic E-state index is 0.118. The third-order valence-corrected chi connectivity index (χ3v) is 4.05. The van der Waals surface area contributed by atoms with E-state index in [2.05, 4.69) is 40.3 Å². The van der Waals surface area contributed by atoms with Gasteiger partial charge in [-0.1, -0.05) is 46.6 Å². The maximum Gasteiger partial charge on any atom is 0.123 e. The predicted octanol–water partition coefficient (Wildman–Crippen LogP) is 5.13. The van der Waals surface area contributed by atoms with Crippen LogP contribution in [0, 0.1) is 5.82 Å². The molecule has 0 radical (unpaired) electrons. The Hall–Kier alpha value is -0.900. The normalized spacial score (nSPS) is 12.4. The van der Waals surface area contributed by atoms with Crippen molar-refractivity contribution in [2.75, 3.05) is 6.54 Å². The molecular formula is C16H16BrClFN. The molecule has 0 saturated carbocycles. The Bertz CT molecular complexity index is 571. The number of hydrogen-bond donors (Lipinski definition) is 1. The van der Waals surface area contributed by atoms with Gasteiger partial charge in [0, 0.05) is 15.5 Å². The van der Waals surface area contributed by atoms with Gasteiger partial charge in [0.05, 0.1) is 0 Å². The highest BCUT2D eigenvalue weighted by molar-refractivity contribution is 9.10. The summed E-state index contributed by atoms with van der Waals surface area (Å²) in [4.78, 5) is 0. The SMILES string of the molecule is CCNC(Cc1cc(F)ccc1Cl)c1ccc(Br)cc1. The van der Waals surface area contributed by atoms with Crippen LogP contribution in [0.25, 0.3) is 0 Å². The van der Waals surface area contributed by atoms with E-state index in [0.29, 0.717) is 11.4 Å². The Balaban J connectivity index is 2.25. The summed E-state index contributed by atoms with van der Waals surface area (Å²) >= 11 is 9.58. The summed E-state index contributed by atoms with van der Waals surface area (Å²) in [5.41, 5.74) is 1.98. The van der Waals surface area contributed by atoms with E-state index in [1.165, 1.54) is 12.1 Å². The molecule has 0 heterocycles. The fourth-order valence-electron chi connectivity index (χ4n) is 2.17. The summed E-state index contributed by atoms with van der Waals surface area (Å²) in [6.45, 7) is 2.90. The van der Waals surface area contributed by atoms with Gasteiger partial charge in [-0.05, 0) is 54.4 Å². The largest absolute Gasteiger partial charge is 0.310 e. The van der Waals surface area contributed by atoms with E-state index in [-0.39, 0.29) is 11.9 Å². The molecule has 0 amide bonds. The zero-order chi connectivity index (χ0) is 14.5. The van der Waals surface area contributed by atoms with Gasteiger partial charge in [0.2, 0.25) is 0 Å². The first kappa shape index (κ1) is 15.5. The van der Waals surface area contributed by atoms with Crippen LogP contribution in [-0.2, 0) is 6.42 Å². The van der Waals surface area contributed by atoms with Gasteiger partial charge in [-0.3, -0.25) is 0 Å². The molecule has 4 heteroatoms. The molecule has 20 heavy (non-hydrogen) atoms. The summed E-state index contributed by atoms with van der Waals surface area (Å²) in [6, 6.07) is 12.7. The van der Waals surface area contributed by atoms with Crippen LogP contribution in [0.1, 0.15) is 24.1 Å². The Morgan fingerprint density at radius 2 is 1.90 bits per heavy atom. The van der Waals surface area contributed by atoms with Crippen molar-refractivity contribution >= 4 is 27.5 Å². The van der Waals surface area contributed by atoms with Crippen LogP contribution in [-0.4, -0.2) is 6.54 Å². The first-order valence-corrected chi connectivity index (χ1v) is 7.70. The number of hydrogen-bond acceptors (Lipinski definition) is 1. The van der Waals surface area contributed by atoms with Gasteiger partial charge in [-0.2, -0.15) is 0 Å². The Morgan fingerprint density at radius 1 is 1.20 bits per heavy atom. The van der Waals surface area contributed by atoms with Crippen molar-refractivity contribution in [1.29, 1.82) is 0 Å². The van der Waals surface area contributed by atoms with Crippen molar-refractivity contribution in [2.45, 2.75) is 19.4 Å². The average molecular weight is 357 g/mol. The summed E-state index contributed by atoms with van der Waals surface area (Å²) in [7, 11) is 0. The Morgan fingerprint density at radius 3 is 2.55 bits per heavy atom. The maximum atomic E-state index is 13.4. The van der Waals surface area contributed by atoms with Crippen LogP contribution in [0.4, 0.5) is 4.39 Å². The highest BCUT2D eigenvalue weighted by Gasteiger charge is 2.13. The molecule has 2 aromatic rings. The quantitative estimate of drug-likeness (QED) is 0.782. The molecule has 0 fully saturated rings. The van der Waals surface area contributed by atoms with Gasteiger partial charge in [-0.25, -0.2) is 4.39 Å². The molecule has 0 bridgehead atoms. The first-order chi connectivity index (χ1) is 9.60. The van der Waals surface area contributed by atoms with Crippen LogP contribution in [0.3, 0.4) is 0 Å². The van der Waals surface area contributed by atoms with Crippen molar-refractivity contribution in [3.05, 3.63) is 68.9 Å². The molecule has 1 atom stereocenters. The zero-order valence-corrected chi connectivity index (χ0v) is 13.5. The van der Waals surface area contributed by atoms with Gasteiger partial charge in [-0.15, -0.1) is 0 Å². The topological polar surface area (TPSA) is 12.0 Å². The lowest BCUT2D eigenvalue weighted by atomic mass is 9.98. The molecule has 1 nitrogen and oxygen atoms in total. The van der Waals surface area contributed by atoms with Crippen molar-refractivity contribution in [3.8, 4) is 0 Å². The standard InChI is InChI=1S/C16H16BrClFN/c1-2-20-16(11-3-5-13(17)6-4-11)10-12-9-14(19)7-8-15(12)18/h3-9,16,20H,2,10H2,1H3. The van der Waals surface area contributed by atoms with Crippen molar-refractivity contribution in [1.82, 2.24) is 5.32 Å². The van der Waals surface area contributed by atoms with E-state index < -0.39 is 0 Å². The monoisotopic (exact) mass is 355 g/mol. The van der Waals surface area contributed by atoms with E-state index in [4.69, 9.17) is 11.6 Å². The molecule has 0 saturated heterocycles. The molecule has 1 unspecified atom stereocenters. The van der Waals surface area contributed by atoms with Gasteiger partial charge in [0.25, 0.3) is 0 Å². The van der Waals surface area contributed by atoms with Gasteiger partial charge in [0.15, 0.2) is 0 Å². The smallest absolute Gasteiger partial charge is 0.123 e. The van der Waals surface area contributed by atoms with E-state index in [9.17, 15) is 4.39 Å². The lowest BCUT2D eigenvalue weighted by molar-refractivity contribution is 0.546. The lowest BCUT2D eigenvalue weighted by Crippen LogP contribution is -2.23. The molecular weight excluding hydrogens is 341 g/mol. The Kier molecular flexibility index (Phi) is 5.58. The third kappa shape index (κ3) is 4.05. The van der Waals surface area contributed by atoms with E-state index in [0.717, 1.165) is 22.1 Å². The first-order valence-electron chi connectivity index (χ1n) is 6.53. The average Bonchev–Trinajstić information content (AvgIpc) is 2.43. The summed E-state index contributed by atoms with van der Waals surface area (Å²) < 4.78 is 14.4. The van der Waals surface area contributed by atoms with Crippen LogP contribution >= 0.6 is 27.5 Å². The Labute approximate surface area is 132 Å². The van der Waals surface area contributed by atoms with E-state index in [1.54, 1.807) is 6.07 Å². The third-order valence-electron chi connectivity index (χ3n) is 3.15. The molecule has 1 N–H and O–H groups in total. The molecule has 0 aliphatic carbocycles. The number of rotatable bonds is 5. The van der Waals surface area contributed by atoms with Crippen LogP contribution < -0.4 is 5.32 Å². The second kappa shape index (κ2) is 7.21. The van der Waals surface area contributed by atoms with Crippen molar-refractivity contribution in [3.63, 3.8) is 0 Å². The molecule has 2 aromatic carbocycles. The van der Waals surface area contributed by atoms with Crippen LogP contribution in [0.15, 0.2) is 46.9 Å². The lowest BCUT2D eigenvalue weighted by Gasteiger charge is -2.19. The number of benzene rings is 2. The van der Waals surface area contributed by atoms with Crippen LogP contribution in [0.5, 0.6) is 0 Å². The molecule has 106 valence electrons. The number of nitrogens with one attached hydrogen (secondary N) is 1. The second-order valence-corrected chi connectivity index (χ2v) is 5.92. The number of halogens is 3.